The van der Waals surface area contributed by atoms with Crippen LogP contribution in [0.15, 0.2) is 41.0 Å². The predicted octanol–water partition coefficient (Wildman–Crippen LogP) is 3.37. The number of rotatable bonds is 8. The van der Waals surface area contributed by atoms with E-state index in [2.05, 4.69) is 12.2 Å². The van der Waals surface area contributed by atoms with Crippen LogP contribution in [0.3, 0.4) is 0 Å². The Labute approximate surface area is 119 Å². The van der Waals surface area contributed by atoms with Gasteiger partial charge in [0.25, 0.3) is 0 Å². The van der Waals surface area contributed by atoms with Crippen molar-refractivity contribution in [1.82, 2.24) is 5.32 Å². The molecule has 0 radical (unpaired) electrons. The largest absolute Gasteiger partial charge is 0.497 e. The fourth-order valence-electron chi connectivity index (χ4n) is 1.87. The van der Waals surface area contributed by atoms with Gasteiger partial charge in [-0.1, -0.05) is 6.92 Å². The van der Waals surface area contributed by atoms with Crippen molar-refractivity contribution in [3.8, 4) is 11.5 Å². The van der Waals surface area contributed by atoms with E-state index < -0.39 is 0 Å². The van der Waals surface area contributed by atoms with Crippen molar-refractivity contribution in [3.05, 3.63) is 47.9 Å². The normalized spacial score (nSPS) is 10.5. The van der Waals surface area contributed by atoms with Gasteiger partial charge in [-0.15, -0.1) is 0 Å². The second-order valence-electron chi connectivity index (χ2n) is 4.51. The standard InChI is InChI=1S/C16H21NO3/c1-3-9-17-11-13-8-10-19-16(13)12-20-15-6-4-14(18-2)5-7-15/h4-8,10,17H,3,9,11-12H2,1-2H3. The topological polar surface area (TPSA) is 43.6 Å². The molecule has 1 aromatic heterocycles. The van der Waals surface area contributed by atoms with Crippen molar-refractivity contribution < 1.29 is 13.9 Å². The second kappa shape index (κ2) is 7.60. The molecular formula is C16H21NO3. The first-order valence-electron chi connectivity index (χ1n) is 6.86. The van der Waals surface area contributed by atoms with Crippen LogP contribution in [-0.2, 0) is 13.2 Å². The van der Waals surface area contributed by atoms with Crippen molar-refractivity contribution in [1.29, 1.82) is 0 Å². The molecule has 0 saturated heterocycles. The number of nitrogens with one attached hydrogen (secondary N) is 1. The molecule has 0 aliphatic heterocycles. The SMILES string of the molecule is CCCNCc1ccoc1COc1ccc(OC)cc1. The highest BCUT2D eigenvalue weighted by molar-refractivity contribution is 5.31. The summed E-state index contributed by atoms with van der Waals surface area (Å²) in [5.74, 6) is 2.49. The first-order valence-corrected chi connectivity index (χ1v) is 6.86. The minimum absolute atomic E-state index is 0.433. The molecule has 1 aromatic carbocycles. The summed E-state index contributed by atoms with van der Waals surface area (Å²) >= 11 is 0. The molecule has 0 aliphatic rings. The summed E-state index contributed by atoms with van der Waals surface area (Å²) in [5.41, 5.74) is 1.15. The molecule has 0 aliphatic carbocycles. The van der Waals surface area contributed by atoms with Crippen LogP contribution in [0, 0.1) is 0 Å². The molecule has 4 nitrogen and oxygen atoms in total. The van der Waals surface area contributed by atoms with Gasteiger partial charge in [0.15, 0.2) is 0 Å². The number of benzene rings is 1. The molecule has 0 fully saturated rings. The van der Waals surface area contributed by atoms with E-state index in [9.17, 15) is 0 Å². The Hall–Kier alpha value is -1.94. The van der Waals surface area contributed by atoms with Crippen LogP contribution in [0.5, 0.6) is 11.5 Å². The van der Waals surface area contributed by atoms with Gasteiger partial charge < -0.3 is 19.2 Å². The van der Waals surface area contributed by atoms with Gasteiger partial charge in [0.2, 0.25) is 0 Å². The van der Waals surface area contributed by atoms with Gasteiger partial charge in [0.05, 0.1) is 13.4 Å². The molecule has 0 unspecified atom stereocenters. The van der Waals surface area contributed by atoms with Gasteiger partial charge in [-0.2, -0.15) is 0 Å². The Morgan fingerprint density at radius 2 is 1.85 bits per heavy atom. The maximum Gasteiger partial charge on any atom is 0.146 e. The highest BCUT2D eigenvalue weighted by Gasteiger charge is 2.07. The Morgan fingerprint density at radius 3 is 2.55 bits per heavy atom. The fourth-order valence-corrected chi connectivity index (χ4v) is 1.87. The van der Waals surface area contributed by atoms with Crippen LogP contribution in [-0.4, -0.2) is 13.7 Å². The van der Waals surface area contributed by atoms with E-state index in [1.807, 2.05) is 30.3 Å². The van der Waals surface area contributed by atoms with Crippen molar-refractivity contribution in [2.75, 3.05) is 13.7 Å². The molecule has 2 rings (SSSR count). The minimum atomic E-state index is 0.433. The van der Waals surface area contributed by atoms with Gasteiger partial charge in [0, 0.05) is 12.1 Å². The molecule has 2 aromatic rings. The molecule has 0 atom stereocenters. The molecule has 108 valence electrons. The minimum Gasteiger partial charge on any atom is -0.497 e. The van der Waals surface area contributed by atoms with E-state index in [1.165, 1.54) is 0 Å². The average molecular weight is 275 g/mol. The zero-order valence-electron chi connectivity index (χ0n) is 12.0. The lowest BCUT2D eigenvalue weighted by Crippen LogP contribution is -2.14. The third-order valence-corrected chi connectivity index (χ3v) is 3.01. The van der Waals surface area contributed by atoms with Crippen LogP contribution in [0.1, 0.15) is 24.7 Å². The maximum atomic E-state index is 5.72. The number of methoxy groups -OCH3 is 1. The first-order chi connectivity index (χ1) is 9.83. The zero-order valence-corrected chi connectivity index (χ0v) is 12.0. The number of furan rings is 1. The Morgan fingerprint density at radius 1 is 1.10 bits per heavy atom. The van der Waals surface area contributed by atoms with Crippen molar-refractivity contribution >= 4 is 0 Å². The molecule has 1 heterocycles. The maximum absolute atomic E-state index is 5.72. The van der Waals surface area contributed by atoms with Crippen molar-refractivity contribution in [2.24, 2.45) is 0 Å². The van der Waals surface area contributed by atoms with Crippen molar-refractivity contribution in [2.45, 2.75) is 26.5 Å². The highest BCUT2D eigenvalue weighted by atomic mass is 16.5. The summed E-state index contributed by atoms with van der Waals surface area (Å²) in [6.45, 7) is 4.40. The van der Waals surface area contributed by atoms with Crippen molar-refractivity contribution in [3.63, 3.8) is 0 Å². The Bertz CT molecular complexity index is 505. The Kier molecular flexibility index (Phi) is 5.50. The van der Waals surface area contributed by atoms with E-state index in [-0.39, 0.29) is 0 Å². The van der Waals surface area contributed by atoms with E-state index in [0.717, 1.165) is 42.3 Å². The highest BCUT2D eigenvalue weighted by Crippen LogP contribution is 2.19. The van der Waals surface area contributed by atoms with E-state index >= 15 is 0 Å². The third kappa shape index (κ3) is 4.03. The lowest BCUT2D eigenvalue weighted by molar-refractivity contribution is 0.267. The van der Waals surface area contributed by atoms with Crippen LogP contribution in [0.25, 0.3) is 0 Å². The van der Waals surface area contributed by atoms with Gasteiger partial charge >= 0.3 is 0 Å². The lowest BCUT2D eigenvalue weighted by Gasteiger charge is -2.07. The smallest absolute Gasteiger partial charge is 0.146 e. The lowest BCUT2D eigenvalue weighted by atomic mass is 10.2. The quantitative estimate of drug-likeness (QED) is 0.750. The summed E-state index contributed by atoms with van der Waals surface area (Å²) in [6, 6.07) is 9.51. The van der Waals surface area contributed by atoms with Crippen LogP contribution < -0.4 is 14.8 Å². The fraction of sp³-hybridized carbons (Fsp3) is 0.375. The summed E-state index contributed by atoms with van der Waals surface area (Å²) < 4.78 is 16.3. The average Bonchev–Trinajstić information content (AvgIpc) is 2.93. The summed E-state index contributed by atoms with van der Waals surface area (Å²) in [4.78, 5) is 0. The molecule has 0 bridgehead atoms. The molecule has 0 spiro atoms. The van der Waals surface area contributed by atoms with Gasteiger partial charge in [0.1, 0.15) is 23.9 Å². The van der Waals surface area contributed by atoms with Crippen LogP contribution in [0.2, 0.25) is 0 Å². The van der Waals surface area contributed by atoms with Gasteiger partial charge in [-0.3, -0.25) is 0 Å². The van der Waals surface area contributed by atoms with Gasteiger partial charge in [-0.25, -0.2) is 0 Å². The summed E-state index contributed by atoms with van der Waals surface area (Å²) in [6.07, 6.45) is 2.82. The monoisotopic (exact) mass is 275 g/mol. The summed E-state index contributed by atoms with van der Waals surface area (Å²) in [5, 5.41) is 3.36. The van der Waals surface area contributed by atoms with Gasteiger partial charge in [-0.05, 0) is 43.3 Å². The summed E-state index contributed by atoms with van der Waals surface area (Å²) in [7, 11) is 1.65. The molecule has 1 N–H and O–H groups in total. The molecule has 20 heavy (non-hydrogen) atoms. The molecule has 0 amide bonds. The van der Waals surface area contributed by atoms with E-state index in [0.29, 0.717) is 6.61 Å². The molecule has 0 saturated carbocycles. The number of hydrogen-bond acceptors (Lipinski definition) is 4. The molecular weight excluding hydrogens is 254 g/mol. The van der Waals surface area contributed by atoms with Crippen LogP contribution in [0.4, 0.5) is 0 Å². The van der Waals surface area contributed by atoms with E-state index in [4.69, 9.17) is 13.9 Å². The number of ether oxygens (including phenoxy) is 2. The number of hydrogen-bond donors (Lipinski definition) is 1. The molecule has 4 heteroatoms. The van der Waals surface area contributed by atoms with E-state index in [1.54, 1.807) is 13.4 Å². The van der Waals surface area contributed by atoms with Crippen LogP contribution >= 0.6 is 0 Å². The second-order valence-corrected chi connectivity index (χ2v) is 4.51. The Balaban J connectivity index is 1.88. The third-order valence-electron chi connectivity index (χ3n) is 3.01. The predicted molar refractivity (Wildman–Crippen MR) is 78.0 cm³/mol. The zero-order chi connectivity index (χ0) is 14.2. The first kappa shape index (κ1) is 14.5.